The van der Waals surface area contributed by atoms with Crippen molar-refractivity contribution in [3.63, 3.8) is 0 Å². The molecule has 5 heteroatoms. The van der Waals surface area contributed by atoms with Crippen molar-refractivity contribution >= 4 is 0 Å². The van der Waals surface area contributed by atoms with Gasteiger partial charge in [0.15, 0.2) is 5.82 Å². The molecule has 0 aliphatic rings. The van der Waals surface area contributed by atoms with E-state index in [9.17, 15) is 0 Å². The second kappa shape index (κ2) is 7.77. The molecular weight excluding hydrogens is 252 g/mol. The maximum absolute atomic E-state index is 5.23. The zero-order chi connectivity index (χ0) is 14.2. The summed E-state index contributed by atoms with van der Waals surface area (Å²) in [4.78, 5) is 6.56. The van der Waals surface area contributed by atoms with Crippen LogP contribution in [0.1, 0.15) is 23.7 Å². The van der Waals surface area contributed by atoms with Crippen LogP contribution in [0.25, 0.3) is 0 Å². The Hall–Kier alpha value is -1.72. The van der Waals surface area contributed by atoms with E-state index in [1.165, 1.54) is 5.56 Å². The van der Waals surface area contributed by atoms with Crippen molar-refractivity contribution in [3.8, 4) is 0 Å². The number of nitrogens with zero attached hydrogens (tertiary/aromatic N) is 3. The van der Waals surface area contributed by atoms with Crippen LogP contribution >= 0.6 is 0 Å². The quantitative estimate of drug-likeness (QED) is 0.743. The number of rotatable bonds is 8. The number of hydrogen-bond acceptors (Lipinski definition) is 5. The van der Waals surface area contributed by atoms with Crippen LogP contribution in [0, 0.1) is 0 Å². The van der Waals surface area contributed by atoms with Crippen molar-refractivity contribution in [2.24, 2.45) is 0 Å². The molecule has 0 radical (unpaired) electrons. The lowest BCUT2D eigenvalue weighted by atomic mass is 10.1. The molecule has 1 N–H and O–H groups in total. The van der Waals surface area contributed by atoms with Crippen molar-refractivity contribution < 1.29 is 4.52 Å². The van der Waals surface area contributed by atoms with Gasteiger partial charge < -0.3 is 14.7 Å². The first-order valence-electron chi connectivity index (χ1n) is 6.95. The minimum atomic E-state index is 0.634. The maximum atomic E-state index is 5.23. The van der Waals surface area contributed by atoms with Gasteiger partial charge in [-0.05, 0) is 39.2 Å². The van der Waals surface area contributed by atoms with Gasteiger partial charge in [0.2, 0.25) is 5.89 Å². The summed E-state index contributed by atoms with van der Waals surface area (Å²) in [7, 11) is 4.15. The van der Waals surface area contributed by atoms with Crippen molar-refractivity contribution in [2.75, 3.05) is 27.2 Å². The van der Waals surface area contributed by atoms with E-state index in [0.717, 1.165) is 25.3 Å². The molecular formula is C15H22N4O. The van der Waals surface area contributed by atoms with Crippen LogP contribution in [-0.4, -0.2) is 42.2 Å². The Morgan fingerprint density at radius 2 is 2.00 bits per heavy atom. The average molecular weight is 274 g/mol. The third kappa shape index (κ3) is 5.11. The number of nitrogens with one attached hydrogen (secondary N) is 1. The molecule has 0 amide bonds. The topological polar surface area (TPSA) is 54.2 Å². The van der Waals surface area contributed by atoms with E-state index in [1.807, 2.05) is 18.2 Å². The lowest BCUT2D eigenvalue weighted by Crippen LogP contribution is -2.21. The smallest absolute Gasteiger partial charge is 0.240 e. The summed E-state index contributed by atoms with van der Waals surface area (Å²) in [5.41, 5.74) is 1.19. The molecule has 1 heterocycles. The molecule has 2 rings (SSSR count). The summed E-state index contributed by atoms with van der Waals surface area (Å²) in [6.07, 6.45) is 1.82. The highest BCUT2D eigenvalue weighted by Gasteiger charge is 2.06. The molecule has 5 nitrogen and oxygen atoms in total. The standard InChI is InChI=1S/C15H22N4O/c1-19(2)10-6-9-16-12-15-17-14(18-20-15)11-13-7-4-3-5-8-13/h3-5,7-8,16H,6,9-12H2,1-2H3. The number of aromatic nitrogens is 2. The predicted molar refractivity (Wildman–Crippen MR) is 78.4 cm³/mol. The molecule has 0 atom stereocenters. The van der Waals surface area contributed by atoms with Gasteiger partial charge in [0.05, 0.1) is 6.54 Å². The fourth-order valence-corrected chi connectivity index (χ4v) is 1.93. The summed E-state index contributed by atoms with van der Waals surface area (Å²) in [5.74, 6) is 1.39. The van der Waals surface area contributed by atoms with Gasteiger partial charge >= 0.3 is 0 Å². The summed E-state index contributed by atoms with van der Waals surface area (Å²) in [6.45, 7) is 2.67. The zero-order valence-corrected chi connectivity index (χ0v) is 12.2. The highest BCUT2D eigenvalue weighted by molar-refractivity contribution is 5.18. The van der Waals surface area contributed by atoms with Gasteiger partial charge in [-0.25, -0.2) is 0 Å². The Bertz CT molecular complexity index is 496. The molecule has 20 heavy (non-hydrogen) atoms. The fraction of sp³-hybridized carbons (Fsp3) is 0.467. The fourth-order valence-electron chi connectivity index (χ4n) is 1.93. The Balaban J connectivity index is 1.72. The molecule has 0 saturated heterocycles. The van der Waals surface area contributed by atoms with Gasteiger partial charge in [-0.15, -0.1) is 0 Å². The lowest BCUT2D eigenvalue weighted by Gasteiger charge is -2.08. The van der Waals surface area contributed by atoms with Gasteiger partial charge in [-0.1, -0.05) is 35.5 Å². The monoisotopic (exact) mass is 274 g/mol. The van der Waals surface area contributed by atoms with Crippen LogP contribution in [0.2, 0.25) is 0 Å². The number of benzene rings is 1. The van der Waals surface area contributed by atoms with Gasteiger partial charge in [0.25, 0.3) is 0 Å². The van der Waals surface area contributed by atoms with E-state index in [1.54, 1.807) is 0 Å². The number of hydrogen-bond donors (Lipinski definition) is 1. The van der Waals surface area contributed by atoms with Crippen molar-refractivity contribution in [1.29, 1.82) is 0 Å². The van der Waals surface area contributed by atoms with Crippen molar-refractivity contribution in [3.05, 3.63) is 47.6 Å². The summed E-state index contributed by atoms with van der Waals surface area (Å²) in [6, 6.07) is 10.2. The highest BCUT2D eigenvalue weighted by Crippen LogP contribution is 2.06. The first kappa shape index (κ1) is 14.7. The molecule has 0 fully saturated rings. The summed E-state index contributed by atoms with van der Waals surface area (Å²) in [5, 5.41) is 7.32. The summed E-state index contributed by atoms with van der Waals surface area (Å²) < 4.78 is 5.23. The van der Waals surface area contributed by atoms with Crippen LogP contribution in [0.3, 0.4) is 0 Å². The second-order valence-corrected chi connectivity index (χ2v) is 5.10. The summed E-state index contributed by atoms with van der Waals surface area (Å²) >= 11 is 0. The molecule has 0 saturated carbocycles. The normalized spacial score (nSPS) is 11.2. The largest absolute Gasteiger partial charge is 0.338 e. The highest BCUT2D eigenvalue weighted by atomic mass is 16.5. The Morgan fingerprint density at radius 1 is 1.20 bits per heavy atom. The molecule has 2 aromatic rings. The third-order valence-electron chi connectivity index (χ3n) is 2.95. The maximum Gasteiger partial charge on any atom is 0.240 e. The van der Waals surface area contributed by atoms with E-state index in [-0.39, 0.29) is 0 Å². The molecule has 108 valence electrons. The van der Waals surface area contributed by atoms with Crippen LogP contribution in [0.4, 0.5) is 0 Å². The Kier molecular flexibility index (Phi) is 5.70. The SMILES string of the molecule is CN(C)CCCNCc1nc(Cc2ccccc2)no1. The predicted octanol–water partition coefficient (Wildman–Crippen LogP) is 1.70. The molecule has 0 aliphatic heterocycles. The molecule has 1 aromatic heterocycles. The first-order chi connectivity index (χ1) is 9.74. The Morgan fingerprint density at radius 3 is 2.75 bits per heavy atom. The van der Waals surface area contributed by atoms with Gasteiger partial charge in [-0.2, -0.15) is 4.98 Å². The minimum Gasteiger partial charge on any atom is -0.338 e. The van der Waals surface area contributed by atoms with Crippen LogP contribution in [0.15, 0.2) is 34.9 Å². The molecule has 0 unspecified atom stereocenters. The van der Waals surface area contributed by atoms with Crippen molar-refractivity contribution in [2.45, 2.75) is 19.4 Å². The van der Waals surface area contributed by atoms with Gasteiger partial charge in [-0.3, -0.25) is 0 Å². The zero-order valence-electron chi connectivity index (χ0n) is 12.2. The first-order valence-corrected chi connectivity index (χ1v) is 6.95. The van der Waals surface area contributed by atoms with Crippen LogP contribution in [0.5, 0.6) is 0 Å². The van der Waals surface area contributed by atoms with E-state index in [2.05, 4.69) is 46.6 Å². The molecule has 1 aromatic carbocycles. The van der Waals surface area contributed by atoms with Crippen molar-refractivity contribution in [1.82, 2.24) is 20.4 Å². The van der Waals surface area contributed by atoms with Crippen LogP contribution < -0.4 is 5.32 Å². The molecule has 0 bridgehead atoms. The van der Waals surface area contributed by atoms with Gasteiger partial charge in [0.1, 0.15) is 0 Å². The van der Waals surface area contributed by atoms with E-state index >= 15 is 0 Å². The van der Waals surface area contributed by atoms with E-state index in [4.69, 9.17) is 4.52 Å². The van der Waals surface area contributed by atoms with Gasteiger partial charge in [0, 0.05) is 6.42 Å². The van der Waals surface area contributed by atoms with E-state index in [0.29, 0.717) is 18.9 Å². The molecule has 0 aliphatic carbocycles. The lowest BCUT2D eigenvalue weighted by molar-refractivity contribution is 0.356. The second-order valence-electron chi connectivity index (χ2n) is 5.10. The Labute approximate surface area is 120 Å². The minimum absolute atomic E-state index is 0.634. The average Bonchev–Trinajstić information content (AvgIpc) is 2.87. The van der Waals surface area contributed by atoms with Crippen LogP contribution in [-0.2, 0) is 13.0 Å². The third-order valence-corrected chi connectivity index (χ3v) is 2.95. The van der Waals surface area contributed by atoms with E-state index < -0.39 is 0 Å². The molecule has 0 spiro atoms.